The van der Waals surface area contributed by atoms with E-state index in [1.807, 2.05) is 11.6 Å². The van der Waals surface area contributed by atoms with Crippen LogP contribution < -0.4 is 5.56 Å². The van der Waals surface area contributed by atoms with Crippen LogP contribution in [-0.2, 0) is 11.3 Å². The molecule has 1 amide bonds. The largest absolute Gasteiger partial charge is 0.289 e. The fraction of sp³-hybridized carbons (Fsp3) is 0.500. The Bertz CT molecular complexity index is 1050. The first-order chi connectivity index (χ1) is 14.4. The Labute approximate surface area is 172 Å². The monoisotopic (exact) mass is 414 g/mol. The SMILES string of the molecule is Cc1cc(=O)[nH]n1CC1CC(C(=O)N2N=CCC2c2cc(F)cc(F)c2)C2CC1C2. The summed E-state index contributed by atoms with van der Waals surface area (Å²) in [5.74, 6) is -0.311. The normalized spacial score (nSPS) is 29.8. The van der Waals surface area contributed by atoms with Crippen molar-refractivity contribution < 1.29 is 13.6 Å². The third-order valence-electron chi connectivity index (χ3n) is 7.07. The molecule has 1 aliphatic heterocycles. The standard InChI is InChI=1S/C22H24F2N4O2/c1-12-4-21(29)26-27(12)11-16-9-19(14-5-13(16)6-14)22(30)28-20(2-3-25-28)15-7-17(23)10-18(24)8-15/h3-4,7-8,10,13-14,16,19-20H,2,5-6,9,11H2,1H3,(H,26,29). The maximum absolute atomic E-state index is 13.7. The molecule has 2 aromatic rings. The highest BCUT2D eigenvalue weighted by molar-refractivity contribution is 5.82. The van der Waals surface area contributed by atoms with Crippen LogP contribution in [0.5, 0.6) is 0 Å². The van der Waals surface area contributed by atoms with Crippen LogP contribution in [0.4, 0.5) is 8.78 Å². The highest BCUT2D eigenvalue weighted by Crippen LogP contribution is 2.53. The molecule has 158 valence electrons. The third kappa shape index (κ3) is 3.28. The van der Waals surface area contributed by atoms with E-state index in [1.54, 1.807) is 12.3 Å². The van der Waals surface area contributed by atoms with E-state index in [0.717, 1.165) is 31.0 Å². The molecule has 3 fully saturated rings. The van der Waals surface area contributed by atoms with Crippen molar-refractivity contribution >= 4 is 12.1 Å². The average Bonchev–Trinajstić information content (AvgIpc) is 3.26. The summed E-state index contributed by atoms with van der Waals surface area (Å²) in [6.45, 7) is 2.59. The number of rotatable bonds is 4. The Kier molecular flexibility index (Phi) is 4.60. The Morgan fingerprint density at radius 2 is 1.87 bits per heavy atom. The molecule has 2 bridgehead atoms. The van der Waals surface area contributed by atoms with E-state index in [9.17, 15) is 18.4 Å². The molecule has 1 N–H and O–H groups in total. The molecule has 0 radical (unpaired) electrons. The number of nitrogens with one attached hydrogen (secondary N) is 1. The lowest BCUT2D eigenvalue weighted by atomic mass is 9.55. The van der Waals surface area contributed by atoms with Crippen molar-refractivity contribution in [3.63, 3.8) is 0 Å². The first-order valence-corrected chi connectivity index (χ1v) is 10.5. The van der Waals surface area contributed by atoms with Crippen LogP contribution in [-0.4, -0.2) is 26.9 Å². The minimum absolute atomic E-state index is 0.0655. The first kappa shape index (κ1) is 19.2. The Hall–Kier alpha value is -2.77. The smallest absolute Gasteiger partial charge is 0.264 e. The van der Waals surface area contributed by atoms with Gasteiger partial charge in [-0.15, -0.1) is 0 Å². The van der Waals surface area contributed by atoms with Crippen molar-refractivity contribution in [2.45, 2.75) is 45.2 Å². The molecule has 3 unspecified atom stereocenters. The molecule has 1 aromatic carbocycles. The topological polar surface area (TPSA) is 70.5 Å². The molecule has 3 saturated carbocycles. The van der Waals surface area contributed by atoms with Gasteiger partial charge in [0.1, 0.15) is 11.6 Å². The van der Waals surface area contributed by atoms with Crippen LogP contribution in [0, 0.1) is 42.2 Å². The highest BCUT2D eigenvalue weighted by Gasteiger charge is 2.50. The minimum atomic E-state index is -0.653. The van der Waals surface area contributed by atoms with Crippen molar-refractivity contribution in [1.82, 2.24) is 14.8 Å². The summed E-state index contributed by atoms with van der Waals surface area (Å²) < 4.78 is 29.3. The van der Waals surface area contributed by atoms with Gasteiger partial charge in [0.2, 0.25) is 5.91 Å². The quantitative estimate of drug-likeness (QED) is 0.833. The molecule has 3 atom stereocenters. The zero-order valence-corrected chi connectivity index (χ0v) is 16.7. The van der Waals surface area contributed by atoms with Gasteiger partial charge in [0.25, 0.3) is 5.56 Å². The Balaban J connectivity index is 1.34. The van der Waals surface area contributed by atoms with E-state index >= 15 is 0 Å². The van der Waals surface area contributed by atoms with E-state index in [-0.39, 0.29) is 17.4 Å². The van der Waals surface area contributed by atoms with Gasteiger partial charge in [0.15, 0.2) is 0 Å². The van der Waals surface area contributed by atoms with E-state index in [1.165, 1.54) is 17.1 Å². The van der Waals surface area contributed by atoms with Crippen molar-refractivity contribution in [3.05, 3.63) is 57.5 Å². The van der Waals surface area contributed by atoms with Crippen molar-refractivity contribution in [1.29, 1.82) is 0 Å². The second-order valence-electron chi connectivity index (χ2n) is 8.90. The molecular formula is C22H24F2N4O2. The molecule has 0 spiro atoms. The number of halogens is 2. The molecule has 8 heteroatoms. The lowest BCUT2D eigenvalue weighted by Gasteiger charge is -2.51. The minimum Gasteiger partial charge on any atom is -0.289 e. The van der Waals surface area contributed by atoms with Crippen molar-refractivity contribution in [2.24, 2.45) is 28.8 Å². The van der Waals surface area contributed by atoms with Gasteiger partial charge in [-0.05, 0) is 61.6 Å². The van der Waals surface area contributed by atoms with Crippen molar-refractivity contribution in [3.8, 4) is 0 Å². The molecule has 6 nitrogen and oxygen atoms in total. The van der Waals surface area contributed by atoms with Gasteiger partial charge in [-0.3, -0.25) is 19.4 Å². The van der Waals surface area contributed by atoms with E-state index in [2.05, 4.69) is 10.2 Å². The number of hydrogen-bond acceptors (Lipinski definition) is 3. The number of hydrazone groups is 1. The second kappa shape index (κ2) is 7.18. The van der Waals surface area contributed by atoms with Gasteiger partial charge in [0, 0.05) is 42.9 Å². The summed E-state index contributed by atoms with van der Waals surface area (Å²) >= 11 is 0. The van der Waals surface area contributed by atoms with E-state index in [0.29, 0.717) is 36.3 Å². The molecule has 2 heterocycles. The lowest BCUT2D eigenvalue weighted by molar-refractivity contribution is -0.147. The third-order valence-corrected chi connectivity index (χ3v) is 7.07. The maximum Gasteiger partial charge on any atom is 0.264 e. The molecule has 1 aromatic heterocycles. The van der Waals surface area contributed by atoms with Crippen LogP contribution in [0.1, 0.15) is 43.0 Å². The number of nitrogens with zero attached hydrogens (tertiary/aromatic N) is 3. The van der Waals surface area contributed by atoms with Gasteiger partial charge in [-0.25, -0.2) is 13.8 Å². The lowest BCUT2D eigenvalue weighted by Crippen LogP contribution is -2.49. The summed E-state index contributed by atoms with van der Waals surface area (Å²) in [6.07, 6.45) is 4.83. The van der Waals surface area contributed by atoms with Gasteiger partial charge in [0.05, 0.1) is 6.04 Å². The van der Waals surface area contributed by atoms with Crippen LogP contribution in [0.25, 0.3) is 0 Å². The number of aromatic amines is 1. The van der Waals surface area contributed by atoms with E-state index < -0.39 is 17.7 Å². The number of H-pyrrole nitrogens is 1. The second-order valence-corrected chi connectivity index (χ2v) is 8.90. The van der Waals surface area contributed by atoms with Gasteiger partial charge < -0.3 is 0 Å². The zero-order valence-electron chi connectivity index (χ0n) is 16.7. The summed E-state index contributed by atoms with van der Waals surface area (Å²) in [5.41, 5.74) is 1.21. The fourth-order valence-corrected chi connectivity index (χ4v) is 5.45. The number of aryl methyl sites for hydroxylation is 1. The molecule has 3 aliphatic carbocycles. The van der Waals surface area contributed by atoms with Crippen molar-refractivity contribution in [2.75, 3.05) is 0 Å². The number of amides is 1. The number of carbonyl (C=O) groups excluding carboxylic acids is 1. The maximum atomic E-state index is 13.7. The Morgan fingerprint density at radius 1 is 1.13 bits per heavy atom. The molecule has 30 heavy (non-hydrogen) atoms. The molecule has 0 saturated heterocycles. The van der Waals surface area contributed by atoms with E-state index in [4.69, 9.17) is 0 Å². The molecular weight excluding hydrogens is 390 g/mol. The molecule has 6 rings (SSSR count). The number of aromatic nitrogens is 2. The number of carbonyl (C=O) groups is 1. The van der Waals surface area contributed by atoms with Crippen LogP contribution >= 0.6 is 0 Å². The zero-order chi connectivity index (χ0) is 21.0. The predicted octanol–water partition coefficient (Wildman–Crippen LogP) is 3.38. The van der Waals surface area contributed by atoms with Crippen LogP contribution in [0.15, 0.2) is 34.2 Å². The highest BCUT2D eigenvalue weighted by atomic mass is 19.1. The summed E-state index contributed by atoms with van der Waals surface area (Å²) in [5, 5.41) is 8.53. The number of fused-ring (bicyclic) bond motifs is 2. The van der Waals surface area contributed by atoms with Gasteiger partial charge in [-0.1, -0.05) is 0 Å². The van der Waals surface area contributed by atoms with Gasteiger partial charge >= 0.3 is 0 Å². The Morgan fingerprint density at radius 3 is 2.53 bits per heavy atom. The number of hydrogen-bond donors (Lipinski definition) is 1. The average molecular weight is 414 g/mol. The number of benzene rings is 1. The molecule has 4 aliphatic rings. The first-order valence-electron chi connectivity index (χ1n) is 10.5. The van der Waals surface area contributed by atoms with Crippen LogP contribution in [0.2, 0.25) is 0 Å². The summed E-state index contributed by atoms with van der Waals surface area (Å²) in [6, 6.07) is 4.49. The van der Waals surface area contributed by atoms with Gasteiger partial charge in [-0.2, -0.15) is 5.10 Å². The van der Waals surface area contributed by atoms with Crippen LogP contribution in [0.3, 0.4) is 0 Å². The fourth-order valence-electron chi connectivity index (χ4n) is 5.45. The summed E-state index contributed by atoms with van der Waals surface area (Å²) in [4.78, 5) is 25.0. The summed E-state index contributed by atoms with van der Waals surface area (Å²) in [7, 11) is 0. The predicted molar refractivity (Wildman–Crippen MR) is 107 cm³/mol.